The molecule has 2 unspecified atom stereocenters. The van der Waals surface area contributed by atoms with E-state index in [1.807, 2.05) is 6.92 Å². The van der Waals surface area contributed by atoms with Gasteiger partial charge in [-0.05, 0) is 77.4 Å². The quantitative estimate of drug-likeness (QED) is 0.0485. The number of carbonyl (C=O) groups excluding carboxylic acids is 2. The predicted molar refractivity (Wildman–Crippen MR) is 265 cm³/mol. The number of aliphatic hydroxyl groups is 1. The molecule has 0 rings (SSSR count). The summed E-state index contributed by atoms with van der Waals surface area (Å²) in [7, 11) is 3.55. The van der Waals surface area contributed by atoms with Gasteiger partial charge in [-0.1, -0.05) is 214 Å². The molecule has 0 amide bonds. The van der Waals surface area contributed by atoms with Crippen LogP contribution in [0.5, 0.6) is 0 Å². The van der Waals surface area contributed by atoms with Crippen LogP contribution >= 0.6 is 0 Å². The van der Waals surface area contributed by atoms with Crippen molar-refractivity contribution < 1.29 is 24.2 Å². The van der Waals surface area contributed by atoms with Crippen LogP contribution in [0.1, 0.15) is 272 Å². The van der Waals surface area contributed by atoms with Crippen molar-refractivity contribution >= 4 is 12.6 Å². The highest BCUT2D eigenvalue weighted by atomic mass is 16.5. The molecule has 0 aromatic rings. The van der Waals surface area contributed by atoms with E-state index >= 15 is 0 Å². The van der Waals surface area contributed by atoms with E-state index in [2.05, 4.69) is 25.7 Å². The van der Waals surface area contributed by atoms with Gasteiger partial charge in [-0.25, -0.2) is 0 Å². The summed E-state index contributed by atoms with van der Waals surface area (Å²) in [5, 5.41) is 8.93. The first-order valence-corrected chi connectivity index (χ1v) is 26.7. The van der Waals surface area contributed by atoms with Crippen LogP contribution in [0.3, 0.4) is 0 Å². The number of methoxy groups -OCH3 is 2. The number of unbranched alkanes of at least 4 members (excludes halogenated alkanes) is 29. The molecule has 0 aromatic heterocycles. The van der Waals surface area contributed by atoms with E-state index in [0.29, 0.717) is 12.5 Å². The van der Waals surface area contributed by atoms with E-state index < -0.39 is 0 Å². The number of ether oxygens (including phenoxy) is 2. The smallest absolute Gasteiger partial charge is 0.123 e. The van der Waals surface area contributed by atoms with Gasteiger partial charge in [-0.15, -0.1) is 0 Å². The highest BCUT2D eigenvalue weighted by Crippen LogP contribution is 2.19. The third kappa shape index (κ3) is 59.3. The first-order chi connectivity index (χ1) is 29.5. The summed E-state index contributed by atoms with van der Waals surface area (Å²) in [6.45, 7) is 14.4. The van der Waals surface area contributed by atoms with Crippen LogP contribution in [-0.4, -0.2) is 76.3 Å². The van der Waals surface area contributed by atoms with Crippen LogP contribution in [0.15, 0.2) is 0 Å². The highest BCUT2D eigenvalue weighted by molar-refractivity contribution is 5.53. The molecule has 0 aliphatic heterocycles. The van der Waals surface area contributed by atoms with Crippen molar-refractivity contribution in [3.63, 3.8) is 0 Å². The van der Waals surface area contributed by atoms with Gasteiger partial charge < -0.3 is 29.1 Å². The lowest BCUT2D eigenvalue weighted by atomic mass is 9.95. The fraction of sp³-hybridized carbons (Fsp3) is 0.963. The maximum atomic E-state index is 11.2. The number of aldehydes is 2. The SMILES string of the molecule is CCCCCCCCCC(C)C=O.CCCCCCCCCCCCC(C=O)CCCCCCCCCC.COCCCCCCN(CCCCO)CCCCCCOC. The van der Waals surface area contributed by atoms with Gasteiger partial charge in [0, 0.05) is 45.9 Å². The Morgan fingerprint density at radius 2 is 0.700 bits per heavy atom. The Hall–Kier alpha value is -0.820. The van der Waals surface area contributed by atoms with E-state index in [1.54, 1.807) is 14.2 Å². The van der Waals surface area contributed by atoms with Gasteiger partial charge in [0.1, 0.15) is 12.6 Å². The minimum absolute atomic E-state index is 0.274. The predicted octanol–water partition coefficient (Wildman–Crippen LogP) is 16.1. The standard InChI is InChI=1S/C24H48O.C18H39NO3.C12H24O/c1-3-5-7-9-11-13-14-16-18-20-22-24(23-25)21-19-17-15-12-10-8-6-4-2;1-21-17-11-5-3-7-13-19(15-9-10-16-20)14-8-4-6-12-18-22-2;1-3-4-5-6-7-8-9-10-12(2)11-13/h23-24H,3-22H2,1-2H3;20H,3-18H2,1-2H3;11-12H,3-10H2,1-2H3. The van der Waals surface area contributed by atoms with E-state index in [4.69, 9.17) is 14.6 Å². The van der Waals surface area contributed by atoms with E-state index in [0.717, 1.165) is 58.1 Å². The molecule has 1 N–H and O–H groups in total. The summed E-state index contributed by atoms with van der Waals surface area (Å²) in [6, 6.07) is 0. The second-order valence-corrected chi connectivity index (χ2v) is 18.2. The second-order valence-electron chi connectivity index (χ2n) is 18.2. The molecule has 2 atom stereocenters. The largest absolute Gasteiger partial charge is 0.396 e. The summed E-state index contributed by atoms with van der Waals surface area (Å²) in [6.07, 6.45) is 51.8. The average molecular weight is 854 g/mol. The maximum absolute atomic E-state index is 11.2. The summed E-state index contributed by atoms with van der Waals surface area (Å²) < 4.78 is 10.2. The average Bonchev–Trinajstić information content (AvgIpc) is 3.26. The Morgan fingerprint density at radius 1 is 0.400 bits per heavy atom. The Balaban J connectivity index is -0.000000851. The molecule has 0 bridgehead atoms. The van der Waals surface area contributed by atoms with Crippen molar-refractivity contribution in [1.82, 2.24) is 4.90 Å². The molecule has 60 heavy (non-hydrogen) atoms. The molecule has 0 radical (unpaired) electrons. The van der Waals surface area contributed by atoms with Gasteiger partial charge in [0.15, 0.2) is 0 Å². The lowest BCUT2D eigenvalue weighted by Crippen LogP contribution is -2.27. The van der Waals surface area contributed by atoms with Gasteiger partial charge >= 0.3 is 0 Å². The number of carbonyl (C=O) groups is 2. The van der Waals surface area contributed by atoms with Gasteiger partial charge in [-0.3, -0.25) is 0 Å². The molecular formula is C54H111NO5. The zero-order valence-corrected chi connectivity index (χ0v) is 41.9. The fourth-order valence-electron chi connectivity index (χ4n) is 7.86. The van der Waals surface area contributed by atoms with Crippen LogP contribution in [-0.2, 0) is 19.1 Å². The molecular weight excluding hydrogens is 743 g/mol. The van der Waals surface area contributed by atoms with Crippen LogP contribution in [0.25, 0.3) is 0 Å². The second kappa shape index (κ2) is 60.3. The van der Waals surface area contributed by atoms with Gasteiger partial charge in [0.2, 0.25) is 0 Å². The van der Waals surface area contributed by atoms with E-state index in [1.165, 1.54) is 231 Å². The molecule has 0 fully saturated rings. The van der Waals surface area contributed by atoms with Crippen molar-refractivity contribution in [3.8, 4) is 0 Å². The van der Waals surface area contributed by atoms with Crippen LogP contribution in [0.2, 0.25) is 0 Å². The first-order valence-electron chi connectivity index (χ1n) is 26.7. The molecule has 0 saturated heterocycles. The molecule has 0 aliphatic carbocycles. The minimum atomic E-state index is 0.274. The lowest BCUT2D eigenvalue weighted by molar-refractivity contribution is -0.112. The molecule has 6 nitrogen and oxygen atoms in total. The van der Waals surface area contributed by atoms with Crippen LogP contribution in [0.4, 0.5) is 0 Å². The molecule has 0 aliphatic rings. The van der Waals surface area contributed by atoms with Gasteiger partial charge in [0.05, 0.1) is 0 Å². The highest BCUT2D eigenvalue weighted by Gasteiger charge is 2.07. The van der Waals surface area contributed by atoms with Gasteiger partial charge in [0.25, 0.3) is 0 Å². The van der Waals surface area contributed by atoms with Crippen molar-refractivity contribution in [2.24, 2.45) is 11.8 Å². The topological polar surface area (TPSA) is 76.1 Å². The summed E-state index contributed by atoms with van der Waals surface area (Å²) in [5.74, 6) is 0.616. The monoisotopic (exact) mass is 854 g/mol. The Bertz CT molecular complexity index is 736. The van der Waals surface area contributed by atoms with E-state index in [9.17, 15) is 9.59 Å². The minimum Gasteiger partial charge on any atom is -0.396 e. The molecule has 0 saturated carbocycles. The van der Waals surface area contributed by atoms with Crippen molar-refractivity contribution in [1.29, 1.82) is 0 Å². The lowest BCUT2D eigenvalue weighted by Gasteiger charge is -2.22. The summed E-state index contributed by atoms with van der Waals surface area (Å²) in [4.78, 5) is 24.1. The third-order valence-electron chi connectivity index (χ3n) is 12.1. The Labute approximate surface area is 377 Å². The summed E-state index contributed by atoms with van der Waals surface area (Å²) >= 11 is 0. The Morgan fingerprint density at radius 3 is 1.02 bits per heavy atom. The zero-order chi connectivity index (χ0) is 44.7. The number of hydrogen-bond donors (Lipinski definition) is 1. The van der Waals surface area contributed by atoms with Gasteiger partial charge in [-0.2, -0.15) is 0 Å². The molecule has 0 aromatic carbocycles. The molecule has 6 heteroatoms. The number of aliphatic hydroxyl groups excluding tert-OH is 1. The third-order valence-corrected chi connectivity index (χ3v) is 12.1. The molecule has 362 valence electrons. The van der Waals surface area contributed by atoms with E-state index in [-0.39, 0.29) is 5.92 Å². The van der Waals surface area contributed by atoms with Crippen LogP contribution < -0.4 is 0 Å². The van der Waals surface area contributed by atoms with Crippen molar-refractivity contribution in [2.45, 2.75) is 272 Å². The molecule has 0 spiro atoms. The maximum Gasteiger partial charge on any atom is 0.123 e. The Kier molecular flexibility index (Phi) is 63.8. The van der Waals surface area contributed by atoms with Crippen LogP contribution in [0, 0.1) is 11.8 Å². The number of rotatable bonds is 48. The zero-order valence-electron chi connectivity index (χ0n) is 41.9. The molecule has 0 heterocycles. The fourth-order valence-corrected chi connectivity index (χ4v) is 7.86. The first kappa shape index (κ1) is 63.5. The normalized spacial score (nSPS) is 12.1. The summed E-state index contributed by atoms with van der Waals surface area (Å²) in [5.41, 5.74) is 0. The number of nitrogens with zero attached hydrogens (tertiary/aromatic N) is 1. The van der Waals surface area contributed by atoms with Crippen molar-refractivity contribution in [2.75, 3.05) is 53.7 Å². The van der Waals surface area contributed by atoms with Crippen molar-refractivity contribution in [3.05, 3.63) is 0 Å². The number of hydrogen-bond acceptors (Lipinski definition) is 6.